The lowest BCUT2D eigenvalue weighted by Crippen LogP contribution is -2.39. The molecule has 1 aromatic heterocycles. The molecule has 1 aromatic carbocycles. The Morgan fingerprint density at radius 2 is 2.33 bits per heavy atom. The molecule has 0 aliphatic carbocycles. The first-order valence-corrected chi connectivity index (χ1v) is 5.73. The summed E-state index contributed by atoms with van der Waals surface area (Å²) >= 11 is 0. The van der Waals surface area contributed by atoms with Gasteiger partial charge in [-0.3, -0.25) is 0 Å². The Morgan fingerprint density at radius 1 is 1.56 bits per heavy atom. The van der Waals surface area contributed by atoms with Gasteiger partial charge < -0.3 is 5.11 Å². The molecule has 0 saturated heterocycles. The Bertz CT molecular complexity index is 565. The Hall–Kier alpha value is -2.08. The first kappa shape index (κ1) is 12.4. The largest absolute Gasteiger partial charge is 0.462 e. The van der Waals surface area contributed by atoms with Crippen LogP contribution in [0.4, 0.5) is 4.79 Å². The number of amides is 1. The first-order chi connectivity index (χ1) is 8.63. The molecule has 0 aliphatic heterocycles. The van der Waals surface area contributed by atoms with Gasteiger partial charge in [0, 0.05) is 0 Å². The van der Waals surface area contributed by atoms with Crippen LogP contribution in [0.2, 0.25) is 0 Å². The van der Waals surface area contributed by atoms with E-state index in [1.54, 1.807) is 0 Å². The van der Waals surface area contributed by atoms with Crippen molar-refractivity contribution in [3.05, 3.63) is 30.1 Å². The molecule has 6 heteroatoms. The average molecular weight is 249 g/mol. The lowest BCUT2D eigenvalue weighted by Gasteiger charge is -2.19. The van der Waals surface area contributed by atoms with Crippen LogP contribution >= 0.6 is 0 Å². The lowest BCUT2D eigenvalue weighted by atomic mass is 10.2. The molecule has 0 fully saturated rings. The average Bonchev–Trinajstić information content (AvgIpc) is 2.72. The van der Waals surface area contributed by atoms with Gasteiger partial charge in [-0.25, -0.2) is 19.3 Å². The SMILES string of the molecule is CCCON(C(=O)O)n1cnc2cc(C)ccc21. The van der Waals surface area contributed by atoms with Gasteiger partial charge in [0.2, 0.25) is 0 Å². The van der Waals surface area contributed by atoms with Gasteiger partial charge in [-0.05, 0) is 31.0 Å². The van der Waals surface area contributed by atoms with Crippen molar-refractivity contribution in [1.82, 2.24) is 9.66 Å². The fourth-order valence-corrected chi connectivity index (χ4v) is 1.64. The van der Waals surface area contributed by atoms with Crippen LogP contribution in [0.1, 0.15) is 18.9 Å². The zero-order valence-electron chi connectivity index (χ0n) is 10.3. The van der Waals surface area contributed by atoms with Gasteiger partial charge in [-0.15, -0.1) is 0 Å². The van der Waals surface area contributed by atoms with Crippen LogP contribution in [-0.2, 0) is 4.84 Å². The van der Waals surface area contributed by atoms with Crippen molar-refractivity contribution >= 4 is 17.1 Å². The molecule has 96 valence electrons. The predicted molar refractivity (Wildman–Crippen MR) is 67.0 cm³/mol. The zero-order chi connectivity index (χ0) is 13.1. The number of rotatable bonds is 4. The maximum Gasteiger partial charge on any atom is 0.452 e. The van der Waals surface area contributed by atoms with E-state index in [2.05, 4.69) is 4.98 Å². The summed E-state index contributed by atoms with van der Waals surface area (Å²) in [5, 5.41) is 9.94. The Kier molecular flexibility index (Phi) is 3.47. The van der Waals surface area contributed by atoms with E-state index < -0.39 is 6.09 Å². The topological polar surface area (TPSA) is 67.6 Å². The molecule has 18 heavy (non-hydrogen) atoms. The molecule has 0 atom stereocenters. The highest BCUT2D eigenvalue weighted by Gasteiger charge is 2.17. The summed E-state index contributed by atoms with van der Waals surface area (Å²) in [5.41, 5.74) is 2.50. The van der Waals surface area contributed by atoms with Crippen molar-refractivity contribution in [3.63, 3.8) is 0 Å². The summed E-state index contributed by atoms with van der Waals surface area (Å²) < 4.78 is 1.38. The molecule has 1 heterocycles. The second kappa shape index (κ2) is 5.05. The van der Waals surface area contributed by atoms with Gasteiger partial charge in [0.15, 0.2) is 0 Å². The molecule has 2 aromatic rings. The van der Waals surface area contributed by atoms with Crippen molar-refractivity contribution < 1.29 is 14.7 Å². The maximum absolute atomic E-state index is 11.2. The van der Waals surface area contributed by atoms with Crippen LogP contribution in [0.25, 0.3) is 11.0 Å². The molecular formula is C12H15N3O3. The minimum absolute atomic E-state index is 0.331. The summed E-state index contributed by atoms with van der Waals surface area (Å²) in [6.45, 7) is 4.20. The highest BCUT2D eigenvalue weighted by Crippen LogP contribution is 2.15. The number of aromatic nitrogens is 2. The van der Waals surface area contributed by atoms with E-state index in [0.29, 0.717) is 12.1 Å². The molecule has 1 amide bonds. The van der Waals surface area contributed by atoms with Crippen molar-refractivity contribution in [2.24, 2.45) is 0 Å². The fourth-order valence-electron chi connectivity index (χ4n) is 1.64. The third-order valence-corrected chi connectivity index (χ3v) is 2.46. The number of carbonyl (C=O) groups is 1. The summed E-state index contributed by atoms with van der Waals surface area (Å²) in [4.78, 5) is 20.5. The van der Waals surface area contributed by atoms with E-state index in [4.69, 9.17) is 9.94 Å². The summed E-state index contributed by atoms with van der Waals surface area (Å²) in [7, 11) is 0. The molecule has 2 rings (SSSR count). The third kappa shape index (κ3) is 2.28. The Balaban J connectivity index is 2.41. The van der Waals surface area contributed by atoms with Crippen molar-refractivity contribution in [1.29, 1.82) is 0 Å². The quantitative estimate of drug-likeness (QED) is 0.844. The number of hydrogen-bond acceptors (Lipinski definition) is 3. The predicted octanol–water partition coefficient (Wildman–Crippen LogP) is 2.30. The van der Waals surface area contributed by atoms with Crippen molar-refractivity contribution in [2.75, 3.05) is 11.8 Å². The number of fused-ring (bicyclic) bond motifs is 1. The van der Waals surface area contributed by atoms with Gasteiger partial charge >= 0.3 is 6.09 Å². The molecule has 6 nitrogen and oxygen atoms in total. The summed E-state index contributed by atoms with van der Waals surface area (Å²) in [6.07, 6.45) is 0.993. The molecule has 0 saturated carbocycles. The van der Waals surface area contributed by atoms with E-state index in [1.807, 2.05) is 32.0 Å². The summed E-state index contributed by atoms with van der Waals surface area (Å²) in [6, 6.07) is 5.62. The van der Waals surface area contributed by atoms with Crippen LogP contribution in [-0.4, -0.2) is 27.5 Å². The number of imidazole rings is 1. The number of benzene rings is 1. The second-order valence-electron chi connectivity index (χ2n) is 3.97. The van der Waals surface area contributed by atoms with Gasteiger partial charge in [0.05, 0.1) is 17.6 Å². The molecule has 0 unspecified atom stereocenters. The van der Waals surface area contributed by atoms with E-state index in [-0.39, 0.29) is 0 Å². The van der Waals surface area contributed by atoms with Gasteiger partial charge in [-0.1, -0.05) is 18.2 Å². The van der Waals surface area contributed by atoms with Crippen LogP contribution < -0.4 is 5.17 Å². The second-order valence-corrected chi connectivity index (χ2v) is 3.97. The van der Waals surface area contributed by atoms with Crippen LogP contribution in [0.3, 0.4) is 0 Å². The zero-order valence-corrected chi connectivity index (χ0v) is 10.3. The van der Waals surface area contributed by atoms with Crippen LogP contribution in [0, 0.1) is 6.92 Å². The molecule has 0 spiro atoms. The van der Waals surface area contributed by atoms with E-state index in [0.717, 1.165) is 22.7 Å². The third-order valence-electron chi connectivity index (χ3n) is 2.46. The molecule has 0 radical (unpaired) electrons. The molecular weight excluding hydrogens is 234 g/mol. The molecule has 1 N–H and O–H groups in total. The Morgan fingerprint density at radius 3 is 3.00 bits per heavy atom. The van der Waals surface area contributed by atoms with Gasteiger partial charge in [-0.2, -0.15) is 0 Å². The highest BCUT2D eigenvalue weighted by atomic mass is 16.7. The molecule has 0 bridgehead atoms. The van der Waals surface area contributed by atoms with E-state index >= 15 is 0 Å². The van der Waals surface area contributed by atoms with Crippen LogP contribution in [0.5, 0.6) is 0 Å². The monoisotopic (exact) mass is 249 g/mol. The number of aryl methyl sites for hydroxylation is 1. The Labute approximate surface area is 104 Å². The number of nitrogens with zero attached hydrogens (tertiary/aromatic N) is 3. The highest BCUT2D eigenvalue weighted by molar-refractivity contribution is 5.81. The lowest BCUT2D eigenvalue weighted by molar-refractivity contribution is 0.0554. The number of carboxylic acid groups (broad SMARTS) is 1. The van der Waals surface area contributed by atoms with Gasteiger partial charge in [0.1, 0.15) is 6.33 Å². The number of hydroxylamine groups is 1. The van der Waals surface area contributed by atoms with Crippen LogP contribution in [0.15, 0.2) is 24.5 Å². The van der Waals surface area contributed by atoms with E-state index in [9.17, 15) is 4.79 Å². The first-order valence-electron chi connectivity index (χ1n) is 5.73. The minimum atomic E-state index is -1.18. The molecule has 0 aliphatic rings. The summed E-state index contributed by atoms with van der Waals surface area (Å²) in [5.74, 6) is 0. The van der Waals surface area contributed by atoms with Crippen molar-refractivity contribution in [3.8, 4) is 0 Å². The fraction of sp³-hybridized carbons (Fsp3) is 0.333. The number of hydrogen-bond donors (Lipinski definition) is 1. The smallest absolute Gasteiger partial charge is 0.452 e. The normalized spacial score (nSPS) is 10.8. The van der Waals surface area contributed by atoms with E-state index in [1.165, 1.54) is 11.0 Å². The van der Waals surface area contributed by atoms with Crippen molar-refractivity contribution in [2.45, 2.75) is 20.3 Å². The standard InChI is InChI=1S/C12H15N3O3/c1-3-6-18-15(12(16)17)14-8-13-10-7-9(2)4-5-11(10)14/h4-5,7-8H,3,6H2,1-2H3,(H,16,17). The minimum Gasteiger partial charge on any atom is -0.462 e. The maximum atomic E-state index is 11.2. The van der Waals surface area contributed by atoms with Gasteiger partial charge in [0.25, 0.3) is 0 Å².